The molecule has 0 saturated heterocycles. The van der Waals surface area contributed by atoms with Gasteiger partial charge in [0.05, 0.1) is 19.4 Å². The highest BCUT2D eigenvalue weighted by Crippen LogP contribution is 2.15. The number of hydrogen-bond acceptors (Lipinski definition) is 5. The van der Waals surface area contributed by atoms with Crippen molar-refractivity contribution in [1.29, 1.82) is 0 Å². The second-order valence-corrected chi connectivity index (χ2v) is 5.42. The standard InChI is InChI=1S/C14H19N3O3.C2HF3O2/c1-11(17-6-5-15-12(17)2)14(19)16(7-8-18)10-13-4-3-9-20-13;3-2(4,5)1(6)7/h3-6,9,11,18H,7-8,10H2,1-2H3;(H,6,7). The van der Waals surface area contributed by atoms with Crippen molar-refractivity contribution < 1.29 is 37.4 Å². The fourth-order valence-corrected chi connectivity index (χ4v) is 2.16. The first-order valence-corrected chi connectivity index (χ1v) is 7.79. The fraction of sp³-hybridized carbons (Fsp3) is 0.438. The van der Waals surface area contributed by atoms with Crippen LogP contribution >= 0.6 is 0 Å². The lowest BCUT2D eigenvalue weighted by Crippen LogP contribution is -2.37. The molecule has 0 aromatic carbocycles. The maximum Gasteiger partial charge on any atom is 0.490 e. The average molecular weight is 391 g/mol. The van der Waals surface area contributed by atoms with E-state index in [4.69, 9.17) is 19.4 Å². The molecule has 150 valence electrons. The van der Waals surface area contributed by atoms with Gasteiger partial charge in [-0.3, -0.25) is 4.79 Å². The highest BCUT2D eigenvalue weighted by molar-refractivity contribution is 5.80. The van der Waals surface area contributed by atoms with Crippen molar-refractivity contribution in [1.82, 2.24) is 14.5 Å². The second kappa shape index (κ2) is 9.76. The van der Waals surface area contributed by atoms with E-state index in [2.05, 4.69) is 4.98 Å². The third kappa shape index (κ3) is 6.77. The average Bonchev–Trinajstić information content (AvgIpc) is 3.24. The van der Waals surface area contributed by atoms with Gasteiger partial charge in [0.2, 0.25) is 5.91 Å². The zero-order chi connectivity index (χ0) is 20.6. The van der Waals surface area contributed by atoms with Crippen LogP contribution in [0.1, 0.15) is 24.6 Å². The lowest BCUT2D eigenvalue weighted by Gasteiger charge is -2.25. The lowest BCUT2D eigenvalue weighted by atomic mass is 10.2. The number of aliphatic carboxylic acids is 1. The molecule has 0 radical (unpaired) electrons. The zero-order valence-electron chi connectivity index (χ0n) is 14.7. The van der Waals surface area contributed by atoms with Gasteiger partial charge >= 0.3 is 12.1 Å². The molecular formula is C16H20F3N3O5. The highest BCUT2D eigenvalue weighted by atomic mass is 19.4. The molecule has 0 aliphatic carbocycles. The predicted molar refractivity (Wildman–Crippen MR) is 86.6 cm³/mol. The Morgan fingerprint density at radius 3 is 2.44 bits per heavy atom. The molecule has 2 rings (SSSR count). The zero-order valence-corrected chi connectivity index (χ0v) is 14.7. The van der Waals surface area contributed by atoms with Crippen molar-refractivity contribution >= 4 is 11.9 Å². The van der Waals surface area contributed by atoms with E-state index in [1.165, 1.54) is 0 Å². The van der Waals surface area contributed by atoms with Crippen LogP contribution in [0.25, 0.3) is 0 Å². The Balaban J connectivity index is 0.000000445. The van der Waals surface area contributed by atoms with Crippen LogP contribution in [-0.4, -0.2) is 55.9 Å². The number of carbonyl (C=O) groups excluding carboxylic acids is 1. The summed E-state index contributed by atoms with van der Waals surface area (Å²) in [6, 6.07) is 3.23. The fourth-order valence-electron chi connectivity index (χ4n) is 2.16. The maximum absolute atomic E-state index is 12.5. The molecule has 2 heterocycles. The summed E-state index contributed by atoms with van der Waals surface area (Å²) in [5.74, 6) is -1.35. The predicted octanol–water partition coefficient (Wildman–Crippen LogP) is 2.00. The molecular weight excluding hydrogens is 371 g/mol. The summed E-state index contributed by atoms with van der Waals surface area (Å²) >= 11 is 0. The largest absolute Gasteiger partial charge is 0.490 e. The molecule has 0 aliphatic rings. The number of hydrogen-bond donors (Lipinski definition) is 2. The van der Waals surface area contributed by atoms with Crippen LogP contribution in [0, 0.1) is 6.92 Å². The lowest BCUT2D eigenvalue weighted by molar-refractivity contribution is -0.192. The number of carboxylic acid groups (broad SMARTS) is 1. The maximum atomic E-state index is 12.5. The van der Waals surface area contributed by atoms with E-state index in [1.54, 1.807) is 29.6 Å². The molecule has 1 atom stereocenters. The molecule has 2 aromatic rings. The van der Waals surface area contributed by atoms with E-state index in [0.717, 1.165) is 5.82 Å². The first-order chi connectivity index (χ1) is 12.6. The molecule has 0 spiro atoms. The van der Waals surface area contributed by atoms with Gasteiger partial charge in [0.25, 0.3) is 0 Å². The number of alkyl halides is 3. The Morgan fingerprint density at radius 1 is 1.41 bits per heavy atom. The quantitative estimate of drug-likeness (QED) is 0.780. The van der Waals surface area contributed by atoms with E-state index < -0.39 is 12.1 Å². The summed E-state index contributed by atoms with van der Waals surface area (Å²) in [6.45, 7) is 4.22. The number of furan rings is 1. The summed E-state index contributed by atoms with van der Waals surface area (Å²) in [6.07, 6.45) is -0.0652. The first-order valence-electron chi connectivity index (χ1n) is 7.79. The highest BCUT2D eigenvalue weighted by Gasteiger charge is 2.38. The third-order valence-corrected chi connectivity index (χ3v) is 3.49. The first kappa shape index (κ1) is 22.2. The minimum absolute atomic E-state index is 0.0726. The van der Waals surface area contributed by atoms with E-state index in [1.807, 2.05) is 24.5 Å². The van der Waals surface area contributed by atoms with Gasteiger partial charge in [-0.05, 0) is 26.0 Å². The Hall–Kier alpha value is -2.82. The number of carbonyl (C=O) groups is 2. The topological polar surface area (TPSA) is 109 Å². The molecule has 0 bridgehead atoms. The van der Waals surface area contributed by atoms with Crippen molar-refractivity contribution in [3.05, 3.63) is 42.4 Å². The molecule has 0 saturated carbocycles. The minimum Gasteiger partial charge on any atom is -0.475 e. The van der Waals surface area contributed by atoms with Crippen LogP contribution in [0.5, 0.6) is 0 Å². The van der Waals surface area contributed by atoms with Crippen molar-refractivity contribution in [2.24, 2.45) is 0 Å². The number of aliphatic hydroxyl groups excluding tert-OH is 1. The van der Waals surface area contributed by atoms with Gasteiger partial charge in [-0.1, -0.05) is 0 Å². The van der Waals surface area contributed by atoms with Gasteiger partial charge in [-0.15, -0.1) is 0 Å². The Labute approximate surface area is 152 Å². The number of aliphatic hydroxyl groups is 1. The van der Waals surface area contributed by atoms with Gasteiger partial charge in [0, 0.05) is 18.9 Å². The number of halogens is 3. The van der Waals surface area contributed by atoms with Gasteiger partial charge < -0.3 is 24.1 Å². The molecule has 1 amide bonds. The number of amides is 1. The second-order valence-electron chi connectivity index (χ2n) is 5.42. The van der Waals surface area contributed by atoms with Crippen LogP contribution in [0.15, 0.2) is 35.2 Å². The summed E-state index contributed by atoms with van der Waals surface area (Å²) in [5.41, 5.74) is 0. The summed E-state index contributed by atoms with van der Waals surface area (Å²) in [4.78, 5) is 27.1. The number of carboxylic acids is 1. The van der Waals surface area contributed by atoms with E-state index in [9.17, 15) is 18.0 Å². The smallest absolute Gasteiger partial charge is 0.475 e. The van der Waals surface area contributed by atoms with Gasteiger partial charge in [0.1, 0.15) is 17.6 Å². The molecule has 1 unspecified atom stereocenters. The Morgan fingerprint density at radius 2 is 2.04 bits per heavy atom. The number of nitrogens with zero attached hydrogens (tertiary/aromatic N) is 3. The Kier molecular flexibility index (Phi) is 8.03. The Bertz CT molecular complexity index is 728. The normalized spacial score (nSPS) is 12.1. The summed E-state index contributed by atoms with van der Waals surface area (Å²) in [5, 5.41) is 16.3. The molecule has 27 heavy (non-hydrogen) atoms. The molecule has 11 heteroatoms. The summed E-state index contributed by atoms with van der Waals surface area (Å²) in [7, 11) is 0. The van der Waals surface area contributed by atoms with Gasteiger partial charge in [-0.2, -0.15) is 13.2 Å². The van der Waals surface area contributed by atoms with Gasteiger partial charge in [-0.25, -0.2) is 9.78 Å². The molecule has 0 aliphatic heterocycles. The SMILES string of the molecule is Cc1nccn1C(C)C(=O)N(CCO)Cc1ccco1.O=C(O)C(F)(F)F. The minimum atomic E-state index is -5.08. The molecule has 8 nitrogen and oxygen atoms in total. The number of aryl methyl sites for hydroxylation is 1. The van der Waals surface area contributed by atoms with Crippen LogP contribution < -0.4 is 0 Å². The monoisotopic (exact) mass is 391 g/mol. The van der Waals surface area contributed by atoms with Crippen molar-refractivity contribution in [2.45, 2.75) is 32.6 Å². The van der Waals surface area contributed by atoms with Crippen molar-refractivity contribution in [3.63, 3.8) is 0 Å². The van der Waals surface area contributed by atoms with Crippen molar-refractivity contribution in [2.75, 3.05) is 13.2 Å². The molecule has 0 fully saturated rings. The van der Waals surface area contributed by atoms with Gasteiger partial charge in [0.15, 0.2) is 0 Å². The van der Waals surface area contributed by atoms with E-state index >= 15 is 0 Å². The van der Waals surface area contributed by atoms with E-state index in [0.29, 0.717) is 12.3 Å². The van der Waals surface area contributed by atoms with E-state index in [-0.39, 0.29) is 25.1 Å². The molecule has 2 N–H and O–H groups in total. The number of imidazole rings is 1. The van der Waals surface area contributed by atoms with Crippen LogP contribution in [0.3, 0.4) is 0 Å². The van der Waals surface area contributed by atoms with Crippen LogP contribution in [0.4, 0.5) is 13.2 Å². The van der Waals surface area contributed by atoms with Crippen LogP contribution in [-0.2, 0) is 16.1 Å². The van der Waals surface area contributed by atoms with Crippen molar-refractivity contribution in [3.8, 4) is 0 Å². The summed E-state index contributed by atoms with van der Waals surface area (Å²) < 4.78 is 38.8. The molecule has 2 aromatic heterocycles. The third-order valence-electron chi connectivity index (χ3n) is 3.49. The number of aromatic nitrogens is 2. The number of rotatable bonds is 6. The van der Waals surface area contributed by atoms with Crippen LogP contribution in [0.2, 0.25) is 0 Å².